The average molecular weight is 278 g/mol. The van der Waals surface area contributed by atoms with Gasteiger partial charge in [0.1, 0.15) is 5.82 Å². The fraction of sp³-hybridized carbons (Fsp3) is 0.688. The third kappa shape index (κ3) is 3.13. The highest BCUT2D eigenvalue weighted by molar-refractivity contribution is 5.46. The minimum atomic E-state index is -0.0749. The Bertz CT molecular complexity index is 478. The van der Waals surface area contributed by atoms with Crippen LogP contribution in [0.4, 0.5) is 5.82 Å². The summed E-state index contributed by atoms with van der Waals surface area (Å²) in [7, 11) is 0. The van der Waals surface area contributed by atoms with E-state index in [1.165, 1.54) is 0 Å². The number of morpholine rings is 1. The molecule has 1 saturated heterocycles. The average Bonchev–Trinajstić information content (AvgIpc) is 2.36. The maximum absolute atomic E-state index is 9.51. The molecule has 0 spiro atoms. The predicted molar refractivity (Wildman–Crippen MR) is 81.1 cm³/mol. The van der Waals surface area contributed by atoms with Gasteiger partial charge >= 0.3 is 0 Å². The van der Waals surface area contributed by atoms with Crippen LogP contribution in [0, 0.1) is 0 Å². The molecule has 0 saturated carbocycles. The van der Waals surface area contributed by atoms with E-state index in [-0.39, 0.29) is 17.6 Å². The number of anilines is 1. The normalized spacial score (nSPS) is 19.2. The number of aliphatic hydroxyl groups excluding tert-OH is 1. The summed E-state index contributed by atoms with van der Waals surface area (Å²) in [5.41, 5.74) is 1.83. The number of nitrogens with zero attached hydrogens (tertiary/aromatic N) is 2. The number of aliphatic hydroxyl groups is 1. The van der Waals surface area contributed by atoms with Crippen molar-refractivity contribution in [2.45, 2.75) is 52.2 Å². The molecule has 0 aliphatic carbocycles. The molecule has 1 aromatic heterocycles. The molecule has 20 heavy (non-hydrogen) atoms. The van der Waals surface area contributed by atoms with Gasteiger partial charge < -0.3 is 14.7 Å². The van der Waals surface area contributed by atoms with E-state index in [1.807, 2.05) is 12.1 Å². The monoisotopic (exact) mass is 278 g/mol. The molecule has 1 fully saturated rings. The molecule has 112 valence electrons. The number of pyridine rings is 1. The second-order valence-corrected chi connectivity index (χ2v) is 7.14. The van der Waals surface area contributed by atoms with Crippen molar-refractivity contribution in [3.8, 4) is 0 Å². The molecule has 2 heterocycles. The van der Waals surface area contributed by atoms with Gasteiger partial charge in [-0.1, -0.05) is 20.8 Å². The van der Waals surface area contributed by atoms with Crippen molar-refractivity contribution in [1.29, 1.82) is 0 Å². The van der Waals surface area contributed by atoms with Crippen LogP contribution in [-0.2, 0) is 16.8 Å². The second-order valence-electron chi connectivity index (χ2n) is 7.14. The lowest BCUT2D eigenvalue weighted by atomic mass is 9.90. The molecule has 1 N–H and O–H groups in total. The Balaban J connectivity index is 2.45. The lowest BCUT2D eigenvalue weighted by Gasteiger charge is -2.43. The van der Waals surface area contributed by atoms with E-state index in [9.17, 15) is 5.11 Å². The number of hydrogen-bond donors (Lipinski definition) is 1. The summed E-state index contributed by atoms with van der Waals surface area (Å²) >= 11 is 0. The number of ether oxygens (including phenoxy) is 1. The highest BCUT2D eigenvalue weighted by Crippen LogP contribution is 2.29. The van der Waals surface area contributed by atoms with Crippen LogP contribution >= 0.6 is 0 Å². The Morgan fingerprint density at radius 3 is 2.60 bits per heavy atom. The third-order valence-corrected chi connectivity index (χ3v) is 3.74. The number of aromatic nitrogens is 1. The zero-order valence-electron chi connectivity index (χ0n) is 13.2. The molecule has 1 aromatic rings. The van der Waals surface area contributed by atoms with Crippen molar-refractivity contribution in [3.63, 3.8) is 0 Å². The Morgan fingerprint density at radius 1 is 1.35 bits per heavy atom. The molecule has 0 unspecified atom stereocenters. The van der Waals surface area contributed by atoms with Crippen molar-refractivity contribution in [1.82, 2.24) is 4.98 Å². The number of hydrogen-bond acceptors (Lipinski definition) is 4. The minimum Gasteiger partial charge on any atom is -0.392 e. The van der Waals surface area contributed by atoms with Crippen molar-refractivity contribution in [2.24, 2.45) is 0 Å². The SMILES string of the molecule is CC(C)(C)c1cc(CO)cc(N2CCOCC2(C)C)n1. The van der Waals surface area contributed by atoms with Crippen LogP contribution in [-0.4, -0.2) is 35.4 Å². The lowest BCUT2D eigenvalue weighted by molar-refractivity contribution is 0.0638. The van der Waals surface area contributed by atoms with Crippen LogP contribution in [0.2, 0.25) is 0 Å². The summed E-state index contributed by atoms with van der Waals surface area (Å²) < 4.78 is 5.57. The van der Waals surface area contributed by atoms with Crippen LogP contribution in [0.15, 0.2) is 12.1 Å². The van der Waals surface area contributed by atoms with Crippen molar-refractivity contribution >= 4 is 5.82 Å². The molecule has 4 nitrogen and oxygen atoms in total. The van der Waals surface area contributed by atoms with Crippen molar-refractivity contribution in [3.05, 3.63) is 23.4 Å². The molecule has 1 aliphatic heterocycles. The molecule has 0 atom stereocenters. The first-order chi connectivity index (χ1) is 9.24. The molecule has 0 amide bonds. The van der Waals surface area contributed by atoms with Crippen molar-refractivity contribution in [2.75, 3.05) is 24.7 Å². The standard InChI is InChI=1S/C16H26N2O2/c1-15(2,3)13-8-12(10-19)9-14(17-13)18-6-7-20-11-16(18,4)5/h8-9,19H,6-7,10-11H2,1-5H3. The van der Waals surface area contributed by atoms with E-state index in [1.54, 1.807) is 0 Å². The Morgan fingerprint density at radius 2 is 2.05 bits per heavy atom. The van der Waals surface area contributed by atoms with Crippen LogP contribution in [0.5, 0.6) is 0 Å². The fourth-order valence-electron chi connectivity index (χ4n) is 2.47. The quantitative estimate of drug-likeness (QED) is 0.903. The molecule has 0 radical (unpaired) electrons. The summed E-state index contributed by atoms with van der Waals surface area (Å²) in [6, 6.07) is 3.99. The minimum absolute atomic E-state index is 0.0314. The number of rotatable bonds is 2. The largest absolute Gasteiger partial charge is 0.392 e. The van der Waals surface area contributed by atoms with E-state index in [2.05, 4.69) is 39.5 Å². The predicted octanol–water partition coefficient (Wildman–Crippen LogP) is 2.49. The van der Waals surface area contributed by atoms with E-state index >= 15 is 0 Å². The lowest BCUT2D eigenvalue weighted by Crippen LogP contribution is -2.53. The maximum atomic E-state index is 9.51. The van der Waals surface area contributed by atoms with Gasteiger partial charge in [-0.15, -0.1) is 0 Å². The molecule has 0 bridgehead atoms. The third-order valence-electron chi connectivity index (χ3n) is 3.74. The summed E-state index contributed by atoms with van der Waals surface area (Å²) in [4.78, 5) is 7.11. The summed E-state index contributed by atoms with van der Waals surface area (Å²) in [5.74, 6) is 0.940. The van der Waals surface area contributed by atoms with Gasteiger partial charge in [0.15, 0.2) is 0 Å². The van der Waals surface area contributed by atoms with E-state index < -0.39 is 0 Å². The Hall–Kier alpha value is -1.13. The van der Waals surface area contributed by atoms with Gasteiger partial charge in [0, 0.05) is 17.7 Å². The van der Waals surface area contributed by atoms with Crippen LogP contribution in [0.3, 0.4) is 0 Å². The first-order valence-electron chi connectivity index (χ1n) is 7.22. The fourth-order valence-corrected chi connectivity index (χ4v) is 2.47. The first-order valence-corrected chi connectivity index (χ1v) is 7.22. The highest BCUT2D eigenvalue weighted by atomic mass is 16.5. The van der Waals surface area contributed by atoms with Crippen LogP contribution in [0.1, 0.15) is 45.9 Å². The van der Waals surface area contributed by atoms with Gasteiger partial charge in [0.05, 0.1) is 25.4 Å². The van der Waals surface area contributed by atoms with E-state index in [0.717, 1.165) is 30.2 Å². The molecule has 0 aromatic carbocycles. The molecule has 1 aliphatic rings. The summed E-state index contributed by atoms with van der Waals surface area (Å²) in [5, 5.41) is 9.51. The maximum Gasteiger partial charge on any atom is 0.129 e. The summed E-state index contributed by atoms with van der Waals surface area (Å²) in [6.07, 6.45) is 0. The molecular formula is C16H26N2O2. The highest BCUT2D eigenvalue weighted by Gasteiger charge is 2.32. The second kappa shape index (κ2) is 5.34. The van der Waals surface area contributed by atoms with Gasteiger partial charge in [-0.2, -0.15) is 0 Å². The van der Waals surface area contributed by atoms with Gasteiger partial charge in [0.2, 0.25) is 0 Å². The topological polar surface area (TPSA) is 45.6 Å². The zero-order valence-corrected chi connectivity index (χ0v) is 13.2. The Labute approximate surface area is 121 Å². The van der Waals surface area contributed by atoms with Gasteiger partial charge in [-0.05, 0) is 31.5 Å². The molecule has 2 rings (SSSR count). The van der Waals surface area contributed by atoms with Gasteiger partial charge in [0.25, 0.3) is 0 Å². The van der Waals surface area contributed by atoms with E-state index in [0.29, 0.717) is 6.61 Å². The van der Waals surface area contributed by atoms with Gasteiger partial charge in [-0.3, -0.25) is 0 Å². The molecular weight excluding hydrogens is 252 g/mol. The zero-order chi connectivity index (χ0) is 15.0. The van der Waals surface area contributed by atoms with Crippen molar-refractivity contribution < 1.29 is 9.84 Å². The van der Waals surface area contributed by atoms with Gasteiger partial charge in [-0.25, -0.2) is 4.98 Å². The van der Waals surface area contributed by atoms with E-state index in [4.69, 9.17) is 9.72 Å². The molecule has 4 heteroatoms. The van der Waals surface area contributed by atoms with Crippen LogP contribution in [0.25, 0.3) is 0 Å². The smallest absolute Gasteiger partial charge is 0.129 e. The first kappa shape index (κ1) is 15.3. The van der Waals surface area contributed by atoms with Crippen LogP contribution < -0.4 is 4.90 Å². The Kier molecular flexibility index (Phi) is 4.07. The summed E-state index contributed by atoms with van der Waals surface area (Å²) in [6.45, 7) is 13.1.